The largest absolute Gasteiger partial charge is 0.388 e. The van der Waals surface area contributed by atoms with Gasteiger partial charge in [0, 0.05) is 23.0 Å². The van der Waals surface area contributed by atoms with Gasteiger partial charge in [-0.05, 0) is 0 Å². The van der Waals surface area contributed by atoms with Gasteiger partial charge < -0.3 is 80.2 Å². The van der Waals surface area contributed by atoms with Gasteiger partial charge in [0.25, 0.3) is 0 Å². The number of fused-ring (bicyclic) bond motifs is 8. The van der Waals surface area contributed by atoms with E-state index in [-0.39, 0.29) is 23.0 Å². The predicted molar refractivity (Wildman–Crippen MR) is 157 cm³/mol. The summed E-state index contributed by atoms with van der Waals surface area (Å²) in [5.74, 6) is -0.354. The molecule has 0 aromatic heterocycles. The molecule has 0 aromatic rings. The summed E-state index contributed by atoms with van der Waals surface area (Å²) >= 11 is 3.71. The third-order valence-corrected chi connectivity index (χ3v) is 13.3. The Balaban J connectivity index is 1.39. The van der Waals surface area contributed by atoms with Crippen LogP contribution < -0.4 is 0 Å². The quantitative estimate of drug-likeness (QED) is 0.111. The van der Waals surface area contributed by atoms with Gasteiger partial charge in [0.2, 0.25) is 0 Å². The molecule has 20 heteroatoms. The van der Waals surface area contributed by atoms with Crippen LogP contribution in [0, 0.1) is 0 Å². The lowest BCUT2D eigenvalue weighted by atomic mass is 10.0. The highest BCUT2D eigenvalue weighted by molar-refractivity contribution is 8.00. The highest BCUT2D eigenvalue weighted by Gasteiger charge is 2.51. The van der Waals surface area contributed by atoms with E-state index in [2.05, 4.69) is 0 Å². The van der Waals surface area contributed by atoms with Crippen molar-refractivity contribution in [3.8, 4) is 0 Å². The molecule has 0 saturated carbocycles. The van der Waals surface area contributed by atoms with E-state index in [1.807, 2.05) is 0 Å². The molecule has 20 atom stereocenters. The van der Waals surface area contributed by atoms with Crippen LogP contribution in [0.3, 0.4) is 0 Å². The van der Waals surface area contributed by atoms with Crippen molar-refractivity contribution in [3.63, 3.8) is 0 Å². The molecule has 12 N–H and O–H groups in total. The van der Waals surface area contributed by atoms with Crippen molar-refractivity contribution in [1.29, 1.82) is 0 Å². The van der Waals surface area contributed by atoms with Crippen LogP contribution in [0.5, 0.6) is 0 Å². The number of aliphatic hydroxyl groups excluding tert-OH is 12. The zero-order valence-electron chi connectivity index (χ0n) is 23.0. The van der Waals surface area contributed by atoms with Gasteiger partial charge in [-0.25, -0.2) is 0 Å². The van der Waals surface area contributed by atoms with Crippen molar-refractivity contribution in [3.05, 3.63) is 0 Å². The third kappa shape index (κ3) is 7.34. The number of hydrogen-bond donors (Lipinski definition) is 12. The van der Waals surface area contributed by atoms with E-state index in [9.17, 15) is 61.3 Å². The van der Waals surface area contributed by atoms with Gasteiger partial charge in [0.05, 0.1) is 24.4 Å². The van der Waals surface area contributed by atoms with Crippen molar-refractivity contribution in [1.82, 2.24) is 0 Å². The monoisotopic (exact) mass is 712 g/mol. The van der Waals surface area contributed by atoms with Gasteiger partial charge in [-0.1, -0.05) is 0 Å². The Morgan fingerprint density at radius 2 is 0.455 bits per heavy atom. The van der Waals surface area contributed by atoms with Crippen LogP contribution in [0.15, 0.2) is 0 Å². The Bertz CT molecular complexity index is 739. The molecule has 5 aliphatic heterocycles. The summed E-state index contributed by atoms with van der Waals surface area (Å²) in [5.41, 5.74) is -4.50. The fourth-order valence-electron chi connectivity index (χ4n) is 5.53. The topological polar surface area (TPSA) is 280 Å². The summed E-state index contributed by atoms with van der Waals surface area (Å²) in [6, 6.07) is 0. The maximum atomic E-state index is 10.6. The molecule has 5 fully saturated rings. The zero-order valence-corrected chi connectivity index (χ0v) is 26.3. The van der Waals surface area contributed by atoms with E-state index in [1.165, 1.54) is 0 Å². The molecule has 0 aromatic carbocycles. The average Bonchev–Trinajstić information content (AvgIpc) is 3.01. The second kappa shape index (κ2) is 15.1. The molecule has 5 aliphatic rings. The summed E-state index contributed by atoms with van der Waals surface area (Å²) in [6.07, 6.45) is -23.2. The molecule has 5 heterocycles. The van der Waals surface area contributed by atoms with Gasteiger partial charge in [0.15, 0.2) is 0 Å². The summed E-state index contributed by atoms with van der Waals surface area (Å²) in [7, 11) is 0. The van der Waals surface area contributed by atoms with Gasteiger partial charge in [-0.15, -0.1) is 47.0 Å². The first-order chi connectivity index (χ1) is 20.8. The van der Waals surface area contributed by atoms with Gasteiger partial charge in [-0.2, -0.15) is 0 Å². The molecule has 5 saturated heterocycles. The lowest BCUT2D eigenvalue weighted by Gasteiger charge is -2.45. The number of thioether (sulfide) groups is 4. The maximum Gasteiger partial charge on any atom is 0.132 e. The molecule has 256 valence electrons. The summed E-state index contributed by atoms with van der Waals surface area (Å²) in [6.45, 7) is 0. The van der Waals surface area contributed by atoms with Gasteiger partial charge in [0.1, 0.15) is 95.0 Å². The highest BCUT2D eigenvalue weighted by atomic mass is 32.2. The average molecular weight is 713 g/mol. The van der Waals surface area contributed by atoms with Crippen LogP contribution in [-0.4, -0.2) is 204 Å². The first kappa shape index (κ1) is 36.1. The molecule has 0 aliphatic carbocycles. The second-order valence-corrected chi connectivity index (χ2v) is 15.9. The van der Waals surface area contributed by atoms with E-state index in [0.717, 1.165) is 47.0 Å². The second-order valence-electron chi connectivity index (χ2n) is 11.4. The Morgan fingerprint density at radius 1 is 0.273 bits per heavy atom. The van der Waals surface area contributed by atoms with Crippen LogP contribution in [0.25, 0.3) is 0 Å². The van der Waals surface area contributed by atoms with Gasteiger partial charge in [-0.3, -0.25) is 0 Å². The fraction of sp³-hybridized carbons (Fsp3) is 1.00. The first-order valence-electron chi connectivity index (χ1n) is 14.0. The lowest BCUT2D eigenvalue weighted by molar-refractivity contribution is -0.198. The number of aliphatic hydroxyl groups is 12. The summed E-state index contributed by atoms with van der Waals surface area (Å²) in [5, 5.41) is 127. The van der Waals surface area contributed by atoms with Crippen LogP contribution in [0.4, 0.5) is 0 Å². The molecule has 0 radical (unpaired) electrons. The zero-order chi connectivity index (χ0) is 32.0. The molecule has 16 nitrogen and oxygen atoms in total. The Morgan fingerprint density at radius 3 is 0.636 bits per heavy atom. The molecular weight excluding hydrogens is 673 g/mol. The molecule has 5 rings (SSSR count). The number of rotatable bonds is 0. The van der Waals surface area contributed by atoms with E-state index < -0.39 is 119 Å². The molecule has 0 spiro atoms. The van der Waals surface area contributed by atoms with Crippen molar-refractivity contribution >= 4 is 47.0 Å². The molecule has 8 bridgehead atoms. The van der Waals surface area contributed by atoms with Crippen LogP contribution in [0.1, 0.15) is 0 Å². The Hall–Kier alpha value is 0.760. The Kier molecular flexibility index (Phi) is 12.4. The normalized spacial score (nSPS) is 56.5. The minimum atomic E-state index is -1.63. The SMILES string of the molecule is OC1C2CSC3OC(CSC4OC(CSC5OC(CSC(O2)C(O)C1O)C(O)C(O)C5O)C(O)C(O)C4O)C(O)C(O)C3O. The van der Waals surface area contributed by atoms with Crippen molar-refractivity contribution < 1.29 is 80.2 Å². The van der Waals surface area contributed by atoms with Crippen LogP contribution in [0.2, 0.25) is 0 Å². The van der Waals surface area contributed by atoms with Crippen LogP contribution in [-0.2, 0) is 18.9 Å². The Labute approximate surface area is 269 Å². The van der Waals surface area contributed by atoms with Crippen molar-refractivity contribution in [2.45, 2.75) is 119 Å². The molecular formula is C24H40O16S4. The first-order valence-corrected chi connectivity index (χ1v) is 18.2. The molecule has 20 unspecified atom stereocenters. The maximum absolute atomic E-state index is 10.6. The van der Waals surface area contributed by atoms with Crippen molar-refractivity contribution in [2.24, 2.45) is 0 Å². The van der Waals surface area contributed by atoms with E-state index >= 15 is 0 Å². The molecule has 44 heavy (non-hydrogen) atoms. The predicted octanol–water partition coefficient (Wildman–Crippen LogP) is -5.84. The summed E-state index contributed by atoms with van der Waals surface area (Å²) in [4.78, 5) is 0. The third-order valence-electron chi connectivity index (χ3n) is 8.37. The lowest BCUT2D eigenvalue weighted by Crippen LogP contribution is -2.60. The minimum Gasteiger partial charge on any atom is -0.388 e. The molecule has 0 amide bonds. The van der Waals surface area contributed by atoms with Crippen LogP contribution >= 0.6 is 47.0 Å². The fourth-order valence-corrected chi connectivity index (χ4v) is 10.5. The van der Waals surface area contributed by atoms with Crippen molar-refractivity contribution in [2.75, 3.05) is 23.0 Å². The number of ether oxygens (including phenoxy) is 4. The standard InChI is InChI=1S/C24H40O16S4/c25-9-5-1-41-21-17(33)14(30)10(26)6(38-21)2-43-23-19(35)16(32)12(28)8(40-23)4-44-24-20(36)15(31)11(27)7(39-24)3-42-22(37-5)18(34)13(9)29/h5-36H,1-4H2. The van der Waals surface area contributed by atoms with E-state index in [0.29, 0.717) is 0 Å². The minimum absolute atomic E-state index is 0.0885. The van der Waals surface area contributed by atoms with E-state index in [4.69, 9.17) is 18.9 Å². The summed E-state index contributed by atoms with van der Waals surface area (Å²) < 4.78 is 23.5. The highest BCUT2D eigenvalue weighted by Crippen LogP contribution is 2.39. The van der Waals surface area contributed by atoms with Gasteiger partial charge >= 0.3 is 0 Å². The van der Waals surface area contributed by atoms with E-state index in [1.54, 1.807) is 0 Å². The smallest absolute Gasteiger partial charge is 0.132 e. The number of hydrogen-bond acceptors (Lipinski definition) is 20.